The molecule has 8 nitrogen and oxygen atoms in total. The molecule has 0 rings (SSSR count). The van der Waals surface area contributed by atoms with E-state index in [0.29, 0.717) is 0 Å². The molecule has 102 valence electrons. The molecule has 1 atom stereocenters. The summed E-state index contributed by atoms with van der Waals surface area (Å²) in [5, 5.41) is 9.88. The third-order valence-corrected chi connectivity index (χ3v) is 1.92. The van der Waals surface area contributed by atoms with Gasteiger partial charge >= 0.3 is 23.9 Å². The zero-order valence-electron chi connectivity index (χ0n) is 10.2. The van der Waals surface area contributed by atoms with Gasteiger partial charge in [0.2, 0.25) is 0 Å². The summed E-state index contributed by atoms with van der Waals surface area (Å²) in [6.45, 7) is 0.982. The lowest BCUT2D eigenvalue weighted by atomic mass is 9.96. The first-order valence-electron chi connectivity index (χ1n) is 4.84. The van der Waals surface area contributed by atoms with Gasteiger partial charge in [-0.3, -0.25) is 14.4 Å². The minimum Gasteiger partial charge on any atom is -0.469 e. The molecule has 0 fully saturated rings. The molecule has 1 N–H and O–H groups in total. The minimum atomic E-state index is -2.42. The molecule has 0 aromatic heterocycles. The van der Waals surface area contributed by atoms with Crippen molar-refractivity contribution >= 4 is 23.9 Å². The first-order chi connectivity index (χ1) is 8.25. The molecular weight excluding hydrogens is 248 g/mol. The zero-order chi connectivity index (χ0) is 14.3. The monoisotopic (exact) mass is 262 g/mol. The highest BCUT2D eigenvalue weighted by Crippen LogP contribution is 2.19. The molecule has 0 spiro atoms. The highest BCUT2D eigenvalue weighted by Gasteiger charge is 2.43. The molecular formula is C10H14O8. The number of hydrogen-bond donors (Lipinski definition) is 1. The summed E-state index contributed by atoms with van der Waals surface area (Å²) in [7, 11) is 2.02. The van der Waals surface area contributed by atoms with Crippen molar-refractivity contribution in [2.24, 2.45) is 0 Å². The van der Waals surface area contributed by atoms with E-state index in [1.807, 2.05) is 0 Å². The molecule has 0 saturated carbocycles. The maximum atomic E-state index is 11.3. The fourth-order valence-corrected chi connectivity index (χ4v) is 1.14. The topological polar surface area (TPSA) is 116 Å². The summed E-state index contributed by atoms with van der Waals surface area (Å²) in [6.07, 6.45) is -1.68. The van der Waals surface area contributed by atoms with Crippen LogP contribution in [-0.4, -0.2) is 48.8 Å². The van der Waals surface area contributed by atoms with Gasteiger partial charge in [-0.1, -0.05) is 0 Å². The van der Waals surface area contributed by atoms with Gasteiger partial charge in [0.25, 0.3) is 0 Å². The van der Waals surface area contributed by atoms with Crippen LogP contribution in [0.1, 0.15) is 19.8 Å². The first-order valence-corrected chi connectivity index (χ1v) is 4.84. The number of ether oxygens (including phenoxy) is 3. The van der Waals surface area contributed by atoms with Crippen LogP contribution in [0.25, 0.3) is 0 Å². The quantitative estimate of drug-likeness (QED) is 0.378. The van der Waals surface area contributed by atoms with Crippen molar-refractivity contribution in [2.45, 2.75) is 25.4 Å². The fraction of sp³-hybridized carbons (Fsp3) is 0.600. The van der Waals surface area contributed by atoms with Crippen molar-refractivity contribution in [1.82, 2.24) is 0 Å². The molecule has 0 saturated heterocycles. The Morgan fingerprint density at radius 3 is 1.89 bits per heavy atom. The highest BCUT2D eigenvalue weighted by atomic mass is 16.6. The third-order valence-electron chi connectivity index (χ3n) is 1.92. The SMILES string of the molecule is COC(=O)CC(O)(CC(=O)OC(C)=O)C(=O)OC. The maximum absolute atomic E-state index is 11.3. The van der Waals surface area contributed by atoms with Gasteiger partial charge < -0.3 is 19.3 Å². The number of methoxy groups -OCH3 is 2. The van der Waals surface area contributed by atoms with Crippen LogP contribution < -0.4 is 0 Å². The van der Waals surface area contributed by atoms with Gasteiger partial charge in [0.1, 0.15) is 0 Å². The van der Waals surface area contributed by atoms with Gasteiger partial charge in [0.05, 0.1) is 27.1 Å². The second kappa shape index (κ2) is 6.70. The summed E-state index contributed by atoms with van der Waals surface area (Å²) in [6, 6.07) is 0. The molecule has 0 aromatic rings. The normalized spacial score (nSPS) is 13.1. The van der Waals surface area contributed by atoms with Crippen molar-refractivity contribution in [3.63, 3.8) is 0 Å². The Morgan fingerprint density at radius 1 is 1.00 bits per heavy atom. The molecule has 0 bridgehead atoms. The van der Waals surface area contributed by atoms with Crippen LogP contribution in [0.3, 0.4) is 0 Å². The maximum Gasteiger partial charge on any atom is 0.339 e. The number of esters is 4. The predicted molar refractivity (Wildman–Crippen MR) is 55.0 cm³/mol. The van der Waals surface area contributed by atoms with E-state index < -0.39 is 42.3 Å². The average Bonchev–Trinajstić information content (AvgIpc) is 2.25. The van der Waals surface area contributed by atoms with Crippen LogP contribution in [0.4, 0.5) is 0 Å². The lowest BCUT2D eigenvalue weighted by molar-refractivity contribution is -0.176. The number of carbonyl (C=O) groups excluding carboxylic acids is 4. The van der Waals surface area contributed by atoms with E-state index in [0.717, 1.165) is 21.1 Å². The van der Waals surface area contributed by atoms with Crippen LogP contribution in [0.5, 0.6) is 0 Å². The molecule has 0 amide bonds. The van der Waals surface area contributed by atoms with E-state index in [2.05, 4.69) is 14.2 Å². The Balaban J connectivity index is 4.87. The van der Waals surface area contributed by atoms with Gasteiger partial charge in [-0.05, 0) is 0 Å². The third kappa shape index (κ3) is 4.91. The second-order valence-corrected chi connectivity index (χ2v) is 3.42. The van der Waals surface area contributed by atoms with Crippen molar-refractivity contribution in [3.8, 4) is 0 Å². The van der Waals surface area contributed by atoms with Crippen LogP contribution in [0, 0.1) is 0 Å². The Bertz CT molecular complexity index is 361. The lowest BCUT2D eigenvalue weighted by Gasteiger charge is -2.22. The molecule has 0 aliphatic rings. The van der Waals surface area contributed by atoms with Crippen molar-refractivity contribution < 1.29 is 38.5 Å². The summed E-state index contributed by atoms with van der Waals surface area (Å²) < 4.78 is 12.7. The molecule has 18 heavy (non-hydrogen) atoms. The highest BCUT2D eigenvalue weighted by molar-refractivity contribution is 5.92. The summed E-state index contributed by atoms with van der Waals surface area (Å²) >= 11 is 0. The van der Waals surface area contributed by atoms with Crippen molar-refractivity contribution in [1.29, 1.82) is 0 Å². The Labute approximate surface area is 103 Å². The number of rotatable bonds is 5. The minimum absolute atomic E-state index is 0.789. The van der Waals surface area contributed by atoms with Gasteiger partial charge in [0, 0.05) is 6.92 Å². The molecule has 0 heterocycles. The van der Waals surface area contributed by atoms with Crippen molar-refractivity contribution in [2.75, 3.05) is 14.2 Å². The lowest BCUT2D eigenvalue weighted by Crippen LogP contribution is -2.44. The van der Waals surface area contributed by atoms with Gasteiger partial charge in [-0.2, -0.15) is 0 Å². The van der Waals surface area contributed by atoms with Crippen LogP contribution in [0.2, 0.25) is 0 Å². The first kappa shape index (κ1) is 16.0. The van der Waals surface area contributed by atoms with E-state index in [1.54, 1.807) is 0 Å². The van der Waals surface area contributed by atoms with E-state index in [4.69, 9.17) is 0 Å². The molecule has 8 heteroatoms. The summed E-state index contributed by atoms with van der Waals surface area (Å²) in [5.74, 6) is -4.17. The Kier molecular flexibility index (Phi) is 5.97. The van der Waals surface area contributed by atoms with E-state index in [9.17, 15) is 24.3 Å². The van der Waals surface area contributed by atoms with E-state index in [-0.39, 0.29) is 0 Å². The van der Waals surface area contributed by atoms with Gasteiger partial charge in [0.15, 0.2) is 5.60 Å². The summed E-state index contributed by atoms with van der Waals surface area (Å²) in [4.78, 5) is 44.1. The van der Waals surface area contributed by atoms with Crippen LogP contribution in [0.15, 0.2) is 0 Å². The van der Waals surface area contributed by atoms with E-state index >= 15 is 0 Å². The fourth-order valence-electron chi connectivity index (χ4n) is 1.14. The predicted octanol–water partition coefficient (Wildman–Crippen LogP) is -1.07. The smallest absolute Gasteiger partial charge is 0.339 e. The van der Waals surface area contributed by atoms with Gasteiger partial charge in [-0.25, -0.2) is 4.79 Å². The second-order valence-electron chi connectivity index (χ2n) is 3.42. The number of hydrogen-bond acceptors (Lipinski definition) is 8. The molecule has 1 unspecified atom stereocenters. The average molecular weight is 262 g/mol. The van der Waals surface area contributed by atoms with Crippen LogP contribution >= 0.6 is 0 Å². The zero-order valence-corrected chi connectivity index (χ0v) is 10.2. The molecule has 0 aliphatic carbocycles. The number of carbonyl (C=O) groups is 4. The van der Waals surface area contributed by atoms with Crippen molar-refractivity contribution in [3.05, 3.63) is 0 Å². The Morgan fingerprint density at radius 2 is 1.50 bits per heavy atom. The Hall–Kier alpha value is -1.96. The molecule has 0 radical (unpaired) electrons. The van der Waals surface area contributed by atoms with Gasteiger partial charge in [-0.15, -0.1) is 0 Å². The largest absolute Gasteiger partial charge is 0.469 e. The van der Waals surface area contributed by atoms with E-state index in [1.165, 1.54) is 0 Å². The molecule has 0 aromatic carbocycles. The van der Waals surface area contributed by atoms with Crippen LogP contribution in [-0.2, 0) is 33.4 Å². The number of aliphatic hydroxyl groups is 1. The summed E-state index contributed by atoms with van der Waals surface area (Å²) in [5.41, 5.74) is -2.42. The standard InChI is InChI=1S/C10H14O8/c1-6(11)18-8(13)5-10(15,9(14)17-3)4-7(12)16-2/h15H,4-5H2,1-3H3. The molecule has 0 aliphatic heterocycles.